The van der Waals surface area contributed by atoms with Gasteiger partial charge in [-0.25, -0.2) is 26.4 Å². The number of carbonyl (C=O) groups excluding carboxylic acids is 1. The van der Waals surface area contributed by atoms with Crippen molar-refractivity contribution in [3.8, 4) is 0 Å². The molecule has 0 spiro atoms. The number of ketones is 1. The number of nitrogens with one attached hydrogen (secondary N) is 2. The number of sulfone groups is 2. The maximum atomic E-state index is 12.6. The van der Waals surface area contributed by atoms with E-state index in [0.29, 0.717) is 36.7 Å². The van der Waals surface area contributed by atoms with Crippen molar-refractivity contribution in [2.45, 2.75) is 19.8 Å². The van der Waals surface area contributed by atoms with Crippen molar-refractivity contribution < 1.29 is 45.8 Å². The second kappa shape index (κ2) is 14.8. The monoisotopic (exact) mass is 654 g/mol. The Morgan fingerprint density at radius 1 is 0.750 bits per heavy atom. The molecule has 0 saturated heterocycles. The Bertz CT molecular complexity index is 1620. The highest BCUT2D eigenvalue weighted by atomic mass is 32.2. The van der Waals surface area contributed by atoms with Gasteiger partial charge < -0.3 is 25.3 Å². The third-order valence-corrected chi connectivity index (χ3v) is 8.65. The molecular formula is C28H38N4O10S2. The van der Waals surface area contributed by atoms with Crippen LogP contribution >= 0.6 is 0 Å². The van der Waals surface area contributed by atoms with E-state index < -0.39 is 37.6 Å². The van der Waals surface area contributed by atoms with Gasteiger partial charge in [-0.2, -0.15) is 0 Å². The van der Waals surface area contributed by atoms with Crippen LogP contribution in [-0.2, 0) is 19.7 Å². The predicted octanol–water partition coefficient (Wildman–Crippen LogP) is 2.81. The predicted molar refractivity (Wildman–Crippen MR) is 169 cm³/mol. The van der Waals surface area contributed by atoms with E-state index in [1.54, 1.807) is 24.3 Å². The van der Waals surface area contributed by atoms with Crippen molar-refractivity contribution in [3.63, 3.8) is 0 Å². The standard InChI is InChI=1S/C28H38N4O10S2/c1-19(33)23-18-22-24(31(27(34)35)14-6-10-29-12-16-43(2,38)39)20-8-4-5-9-21(20)25(26(22)42-23)32(28(36)37)15-7-11-30-13-17-44(3,40)41/h4-5,8-9,18,29-30H,6-7,10-17H2,1-3H3,(H,34,35)(H,36,37). The first kappa shape index (κ1) is 34.8. The number of hydrogen-bond acceptors (Lipinski definition) is 10. The SMILES string of the molecule is CC(=O)c1cc2c(N(CCCNCCS(C)(=O)=O)C(=O)O)c3ccccc3c(N(CCCNCCS(C)(=O)=O)C(=O)O)c2o1. The van der Waals surface area contributed by atoms with Crippen LogP contribution in [0.3, 0.4) is 0 Å². The lowest BCUT2D eigenvalue weighted by Crippen LogP contribution is -2.34. The number of carboxylic acid groups (broad SMARTS) is 2. The highest BCUT2D eigenvalue weighted by Crippen LogP contribution is 2.45. The minimum absolute atomic E-state index is 0.00243. The van der Waals surface area contributed by atoms with Crippen molar-refractivity contribution in [3.05, 3.63) is 36.1 Å². The molecule has 2 amide bonds. The summed E-state index contributed by atoms with van der Waals surface area (Å²) in [4.78, 5) is 39.7. The van der Waals surface area contributed by atoms with Crippen LogP contribution in [0.1, 0.15) is 30.3 Å². The zero-order valence-corrected chi connectivity index (χ0v) is 26.5. The second-order valence-corrected chi connectivity index (χ2v) is 15.0. The third-order valence-electron chi connectivity index (χ3n) is 6.76. The first-order chi connectivity index (χ1) is 20.6. The molecule has 242 valence electrons. The average Bonchev–Trinajstić information content (AvgIpc) is 3.36. The number of fused-ring (bicyclic) bond motifs is 2. The van der Waals surface area contributed by atoms with Gasteiger partial charge in [0.2, 0.25) is 0 Å². The number of amides is 2. The van der Waals surface area contributed by atoms with Crippen LogP contribution in [0.5, 0.6) is 0 Å². The lowest BCUT2D eigenvalue weighted by Gasteiger charge is -2.26. The van der Waals surface area contributed by atoms with Crippen LogP contribution < -0.4 is 20.4 Å². The highest BCUT2D eigenvalue weighted by Gasteiger charge is 2.29. The summed E-state index contributed by atoms with van der Waals surface area (Å²) < 4.78 is 51.4. The van der Waals surface area contributed by atoms with E-state index in [1.165, 1.54) is 13.0 Å². The molecule has 0 aliphatic carbocycles. The van der Waals surface area contributed by atoms with Gasteiger partial charge in [0.25, 0.3) is 0 Å². The number of benzene rings is 2. The van der Waals surface area contributed by atoms with Gasteiger partial charge in [-0.1, -0.05) is 24.3 Å². The number of hydrogen-bond donors (Lipinski definition) is 4. The molecule has 14 nitrogen and oxygen atoms in total. The van der Waals surface area contributed by atoms with Crippen molar-refractivity contribution in [1.29, 1.82) is 0 Å². The maximum Gasteiger partial charge on any atom is 0.411 e. The van der Waals surface area contributed by atoms with Gasteiger partial charge in [-0.05, 0) is 32.0 Å². The summed E-state index contributed by atoms with van der Waals surface area (Å²) in [5.41, 5.74) is 0.421. The van der Waals surface area contributed by atoms with Gasteiger partial charge in [0.1, 0.15) is 19.7 Å². The topological polar surface area (TPSA) is 204 Å². The van der Waals surface area contributed by atoms with Gasteiger partial charge >= 0.3 is 12.2 Å². The number of carbonyl (C=O) groups is 3. The molecule has 4 N–H and O–H groups in total. The summed E-state index contributed by atoms with van der Waals surface area (Å²) in [5.74, 6) is -0.615. The first-order valence-corrected chi connectivity index (χ1v) is 18.0. The molecule has 3 rings (SSSR count). The Morgan fingerprint density at radius 3 is 1.64 bits per heavy atom. The summed E-state index contributed by atoms with van der Waals surface area (Å²) in [6.45, 7) is 2.40. The van der Waals surface area contributed by atoms with Crippen molar-refractivity contribution in [2.75, 3.05) is 73.1 Å². The molecule has 1 aromatic heterocycles. The number of nitrogens with zero attached hydrogens (tertiary/aromatic N) is 2. The highest BCUT2D eigenvalue weighted by molar-refractivity contribution is 7.90. The zero-order chi connectivity index (χ0) is 32.7. The number of furan rings is 1. The zero-order valence-electron chi connectivity index (χ0n) is 24.8. The third kappa shape index (κ3) is 9.38. The Kier molecular flexibility index (Phi) is 11.7. The molecule has 44 heavy (non-hydrogen) atoms. The molecule has 3 aromatic rings. The minimum atomic E-state index is -3.15. The lowest BCUT2D eigenvalue weighted by atomic mass is 10.0. The van der Waals surface area contributed by atoms with E-state index in [0.717, 1.165) is 22.3 Å². The normalized spacial score (nSPS) is 12.1. The molecule has 0 fully saturated rings. The maximum absolute atomic E-state index is 12.6. The van der Waals surface area contributed by atoms with E-state index in [-0.39, 0.29) is 65.8 Å². The van der Waals surface area contributed by atoms with Crippen molar-refractivity contribution in [1.82, 2.24) is 10.6 Å². The Labute approximate surface area is 255 Å². The van der Waals surface area contributed by atoms with Crippen LogP contribution in [0.2, 0.25) is 0 Å². The second-order valence-electron chi connectivity index (χ2n) is 10.5. The fourth-order valence-electron chi connectivity index (χ4n) is 4.73. The Morgan fingerprint density at radius 2 is 1.20 bits per heavy atom. The number of rotatable bonds is 17. The van der Waals surface area contributed by atoms with E-state index in [1.807, 2.05) is 0 Å². The fraction of sp³-hybridized carbons (Fsp3) is 0.464. The first-order valence-electron chi connectivity index (χ1n) is 13.9. The molecule has 0 radical (unpaired) electrons. The summed E-state index contributed by atoms with van der Waals surface area (Å²) in [7, 11) is -6.30. The molecule has 1 heterocycles. The largest absolute Gasteiger partial charge is 0.465 e. The molecule has 16 heteroatoms. The van der Waals surface area contributed by atoms with E-state index in [2.05, 4.69) is 10.6 Å². The summed E-state index contributed by atoms with van der Waals surface area (Å²) in [6.07, 6.45) is 0.341. The summed E-state index contributed by atoms with van der Waals surface area (Å²) in [5, 5.41) is 27.5. The number of anilines is 2. The molecule has 0 unspecified atom stereocenters. The van der Waals surface area contributed by atoms with Crippen LogP contribution in [0.15, 0.2) is 34.7 Å². The van der Waals surface area contributed by atoms with Gasteiger partial charge in [0.05, 0.1) is 22.9 Å². The summed E-state index contributed by atoms with van der Waals surface area (Å²) in [6, 6.07) is 8.10. The van der Waals surface area contributed by atoms with Gasteiger partial charge in [0, 0.05) is 61.8 Å². The molecule has 0 saturated carbocycles. The van der Waals surface area contributed by atoms with E-state index in [4.69, 9.17) is 4.42 Å². The van der Waals surface area contributed by atoms with Crippen molar-refractivity contribution in [2.24, 2.45) is 0 Å². The van der Waals surface area contributed by atoms with Gasteiger partial charge in [0.15, 0.2) is 17.1 Å². The van der Waals surface area contributed by atoms with Gasteiger partial charge in [-0.15, -0.1) is 0 Å². The Balaban J connectivity index is 2.03. The van der Waals surface area contributed by atoms with Crippen LogP contribution in [-0.4, -0.2) is 108 Å². The smallest absolute Gasteiger partial charge is 0.411 e. The fourth-order valence-corrected chi connectivity index (χ4v) is 5.76. The molecule has 0 atom stereocenters. The van der Waals surface area contributed by atoms with E-state index in [9.17, 15) is 41.4 Å². The average molecular weight is 655 g/mol. The molecule has 0 bridgehead atoms. The summed E-state index contributed by atoms with van der Waals surface area (Å²) >= 11 is 0. The van der Waals surface area contributed by atoms with Crippen LogP contribution in [0.25, 0.3) is 21.7 Å². The molecule has 0 aliphatic heterocycles. The van der Waals surface area contributed by atoms with Crippen LogP contribution in [0, 0.1) is 0 Å². The van der Waals surface area contributed by atoms with Crippen LogP contribution in [0.4, 0.5) is 21.0 Å². The minimum Gasteiger partial charge on any atom is -0.465 e. The molecular weight excluding hydrogens is 616 g/mol. The lowest BCUT2D eigenvalue weighted by molar-refractivity contribution is 0.0989. The Hall–Kier alpha value is -3.73. The number of Topliss-reactive ketones (excluding diaryl/α,β-unsaturated/α-hetero) is 1. The quantitative estimate of drug-likeness (QED) is 0.0943. The molecule has 2 aromatic carbocycles. The van der Waals surface area contributed by atoms with E-state index >= 15 is 0 Å². The van der Waals surface area contributed by atoms with Crippen molar-refractivity contribution >= 4 is 70.8 Å². The van der Waals surface area contributed by atoms with Gasteiger partial charge in [-0.3, -0.25) is 14.6 Å². The molecule has 0 aliphatic rings.